The fraction of sp³-hybridized carbons (Fsp3) is 0.300. The monoisotopic (exact) mass is 545 g/mol. The average molecular weight is 546 g/mol. The number of aromatic nitrogens is 1. The number of fused-ring (bicyclic) bond motifs is 2. The van der Waals surface area contributed by atoms with Gasteiger partial charge < -0.3 is 18.8 Å². The molecule has 0 amide bonds. The first-order valence-corrected chi connectivity index (χ1v) is 13.7. The first-order valence-electron chi connectivity index (χ1n) is 12.9. The Bertz CT molecular complexity index is 1760. The van der Waals surface area contributed by atoms with Crippen LogP contribution in [0, 0.1) is 0 Å². The summed E-state index contributed by atoms with van der Waals surface area (Å²) < 4.78 is 19.3. The van der Waals surface area contributed by atoms with Gasteiger partial charge in [-0.3, -0.25) is 9.36 Å². The van der Waals surface area contributed by atoms with Crippen LogP contribution < -0.4 is 24.5 Å². The molecule has 3 heterocycles. The summed E-state index contributed by atoms with van der Waals surface area (Å²) in [6.07, 6.45) is 3.06. The van der Waals surface area contributed by atoms with E-state index < -0.39 is 12.0 Å². The maximum atomic E-state index is 14.1. The highest BCUT2D eigenvalue weighted by Crippen LogP contribution is 2.41. The molecule has 0 saturated heterocycles. The van der Waals surface area contributed by atoms with Crippen LogP contribution in [0.3, 0.4) is 0 Å². The first kappa shape index (κ1) is 26.5. The molecular formula is C30H31N3O5S. The first-order chi connectivity index (χ1) is 18.9. The minimum Gasteiger partial charge on any atom is -0.496 e. The topological polar surface area (TPSA) is 86.3 Å². The SMILES string of the molecule is CCCC1=C(C(=O)OCC)C(c2c(OC)ccc3ccccc23)n2c(sc(=Cc3ccc(N(C)C)o3)c2=O)=N1. The van der Waals surface area contributed by atoms with E-state index in [4.69, 9.17) is 18.9 Å². The lowest BCUT2D eigenvalue weighted by atomic mass is 9.90. The molecule has 0 radical (unpaired) electrons. The Balaban J connectivity index is 1.85. The summed E-state index contributed by atoms with van der Waals surface area (Å²) >= 11 is 1.28. The molecule has 0 bridgehead atoms. The Kier molecular flexibility index (Phi) is 7.43. The number of benzene rings is 2. The zero-order chi connectivity index (χ0) is 27.7. The molecule has 1 aliphatic heterocycles. The Morgan fingerprint density at radius 1 is 1.15 bits per heavy atom. The van der Waals surface area contributed by atoms with Crippen molar-refractivity contribution < 1.29 is 18.7 Å². The summed E-state index contributed by atoms with van der Waals surface area (Å²) in [6.45, 7) is 4.01. The quantitative estimate of drug-likeness (QED) is 0.305. The molecule has 2 aromatic heterocycles. The molecule has 0 spiro atoms. The lowest BCUT2D eigenvalue weighted by Crippen LogP contribution is -2.40. The fourth-order valence-electron chi connectivity index (χ4n) is 4.92. The van der Waals surface area contributed by atoms with Gasteiger partial charge in [-0.1, -0.05) is 55.0 Å². The molecule has 0 fully saturated rings. The van der Waals surface area contributed by atoms with Crippen molar-refractivity contribution in [3.63, 3.8) is 0 Å². The molecule has 4 aromatic rings. The van der Waals surface area contributed by atoms with Gasteiger partial charge in [-0.05, 0) is 36.2 Å². The van der Waals surface area contributed by atoms with Crippen molar-refractivity contribution >= 4 is 40.0 Å². The number of methoxy groups -OCH3 is 1. The number of anilines is 1. The van der Waals surface area contributed by atoms with Crippen molar-refractivity contribution in [1.82, 2.24) is 4.57 Å². The van der Waals surface area contributed by atoms with Crippen molar-refractivity contribution in [1.29, 1.82) is 0 Å². The van der Waals surface area contributed by atoms with Gasteiger partial charge in [0.2, 0.25) is 0 Å². The molecule has 1 aliphatic rings. The van der Waals surface area contributed by atoms with Crippen molar-refractivity contribution in [2.75, 3.05) is 32.7 Å². The van der Waals surface area contributed by atoms with E-state index >= 15 is 0 Å². The van der Waals surface area contributed by atoms with E-state index in [0.717, 1.165) is 22.8 Å². The number of allylic oxidation sites excluding steroid dienone is 1. The molecule has 1 unspecified atom stereocenters. The summed E-state index contributed by atoms with van der Waals surface area (Å²) in [5.41, 5.74) is 1.44. The van der Waals surface area contributed by atoms with Crippen LogP contribution in [0.25, 0.3) is 16.8 Å². The zero-order valence-corrected chi connectivity index (χ0v) is 23.5. The minimum absolute atomic E-state index is 0.207. The lowest BCUT2D eigenvalue weighted by molar-refractivity contribution is -0.139. The predicted octanol–water partition coefficient (Wildman–Crippen LogP) is 4.40. The number of ether oxygens (including phenoxy) is 2. The van der Waals surface area contributed by atoms with E-state index in [1.54, 1.807) is 24.7 Å². The number of nitrogens with zero attached hydrogens (tertiary/aromatic N) is 3. The number of carbonyl (C=O) groups excluding carboxylic acids is 1. The van der Waals surface area contributed by atoms with E-state index in [0.29, 0.717) is 44.4 Å². The van der Waals surface area contributed by atoms with Crippen LogP contribution in [-0.2, 0) is 9.53 Å². The molecule has 202 valence electrons. The van der Waals surface area contributed by atoms with E-state index in [1.165, 1.54) is 11.3 Å². The van der Waals surface area contributed by atoms with Gasteiger partial charge in [-0.25, -0.2) is 9.79 Å². The van der Waals surface area contributed by atoms with E-state index in [1.807, 2.05) is 74.4 Å². The Morgan fingerprint density at radius 3 is 2.64 bits per heavy atom. The van der Waals surface area contributed by atoms with E-state index in [9.17, 15) is 9.59 Å². The van der Waals surface area contributed by atoms with E-state index in [2.05, 4.69) is 0 Å². The third-order valence-corrected chi connectivity index (χ3v) is 7.63. The number of hydrogen-bond acceptors (Lipinski definition) is 8. The lowest BCUT2D eigenvalue weighted by Gasteiger charge is -2.28. The van der Waals surface area contributed by atoms with Crippen LogP contribution in [0.15, 0.2) is 74.0 Å². The normalized spacial score (nSPS) is 15.3. The third kappa shape index (κ3) is 4.78. The summed E-state index contributed by atoms with van der Waals surface area (Å²) in [5.74, 6) is 1.33. The van der Waals surface area contributed by atoms with Crippen LogP contribution >= 0.6 is 11.3 Å². The summed E-state index contributed by atoms with van der Waals surface area (Å²) in [4.78, 5) is 34.9. The average Bonchev–Trinajstić information content (AvgIpc) is 3.52. The maximum absolute atomic E-state index is 14.1. The van der Waals surface area contributed by atoms with Crippen LogP contribution in [0.2, 0.25) is 0 Å². The van der Waals surface area contributed by atoms with Crippen LogP contribution in [0.5, 0.6) is 5.75 Å². The van der Waals surface area contributed by atoms with Gasteiger partial charge in [0, 0.05) is 31.8 Å². The Labute approximate surface area is 230 Å². The molecule has 9 heteroatoms. The van der Waals surface area contributed by atoms with Gasteiger partial charge in [-0.2, -0.15) is 0 Å². The standard InChI is InChI=1S/C30H31N3O5S/c1-6-10-21-26(29(35)37-7-2)27(25-20-12-9-8-11-18(20)13-15-22(25)36-5)33-28(34)23(39-30(33)31-21)17-19-14-16-24(38-19)32(3)4/h8-9,11-17,27H,6-7,10H2,1-5H3. The van der Waals surface area contributed by atoms with Crippen molar-refractivity contribution in [2.24, 2.45) is 4.99 Å². The second-order valence-electron chi connectivity index (χ2n) is 9.39. The van der Waals surface area contributed by atoms with Crippen LogP contribution in [0.4, 0.5) is 5.88 Å². The summed E-state index contributed by atoms with van der Waals surface area (Å²) in [7, 11) is 5.37. The highest BCUT2D eigenvalue weighted by Gasteiger charge is 2.37. The number of hydrogen-bond donors (Lipinski definition) is 0. The molecule has 2 aromatic carbocycles. The van der Waals surface area contributed by atoms with Crippen LogP contribution in [0.1, 0.15) is 44.1 Å². The number of thiazole rings is 1. The van der Waals surface area contributed by atoms with E-state index in [-0.39, 0.29) is 12.2 Å². The van der Waals surface area contributed by atoms with Gasteiger partial charge >= 0.3 is 5.97 Å². The summed E-state index contributed by atoms with van der Waals surface area (Å²) in [5, 5.41) is 1.86. The molecular weight excluding hydrogens is 514 g/mol. The van der Waals surface area contributed by atoms with Crippen molar-refractivity contribution in [2.45, 2.75) is 32.7 Å². The second-order valence-corrected chi connectivity index (χ2v) is 10.4. The molecule has 0 aliphatic carbocycles. The predicted molar refractivity (Wildman–Crippen MR) is 153 cm³/mol. The largest absolute Gasteiger partial charge is 0.496 e. The number of carbonyl (C=O) groups is 1. The van der Waals surface area contributed by atoms with Crippen LogP contribution in [-0.4, -0.2) is 38.3 Å². The van der Waals surface area contributed by atoms with Gasteiger partial charge in [0.05, 0.1) is 29.5 Å². The summed E-state index contributed by atoms with van der Waals surface area (Å²) in [6, 6.07) is 14.6. The van der Waals surface area contributed by atoms with Crippen molar-refractivity contribution in [3.05, 3.63) is 90.8 Å². The molecule has 0 saturated carbocycles. The molecule has 39 heavy (non-hydrogen) atoms. The maximum Gasteiger partial charge on any atom is 0.338 e. The Hall–Kier alpha value is -4.11. The Morgan fingerprint density at radius 2 is 1.95 bits per heavy atom. The number of rotatable bonds is 8. The van der Waals surface area contributed by atoms with Gasteiger partial charge in [-0.15, -0.1) is 0 Å². The van der Waals surface area contributed by atoms with Gasteiger partial charge in [0.25, 0.3) is 5.56 Å². The minimum atomic E-state index is -0.779. The molecule has 5 rings (SSSR count). The molecule has 1 atom stereocenters. The second kappa shape index (κ2) is 10.9. The molecule has 0 N–H and O–H groups in total. The highest BCUT2D eigenvalue weighted by molar-refractivity contribution is 7.07. The van der Waals surface area contributed by atoms with Gasteiger partial charge in [0.1, 0.15) is 17.6 Å². The smallest absolute Gasteiger partial charge is 0.338 e. The van der Waals surface area contributed by atoms with Crippen molar-refractivity contribution in [3.8, 4) is 5.75 Å². The number of furan rings is 1. The highest BCUT2D eigenvalue weighted by atomic mass is 32.1. The third-order valence-electron chi connectivity index (χ3n) is 6.64. The zero-order valence-electron chi connectivity index (χ0n) is 22.7. The van der Waals surface area contributed by atoms with Gasteiger partial charge in [0.15, 0.2) is 10.7 Å². The fourth-order valence-corrected chi connectivity index (χ4v) is 5.92. The number of esters is 1. The molecule has 8 nitrogen and oxygen atoms in total.